The fourth-order valence-electron chi connectivity index (χ4n) is 1.87. The van der Waals surface area contributed by atoms with Crippen molar-refractivity contribution in [3.8, 4) is 0 Å². The van der Waals surface area contributed by atoms with Crippen LogP contribution in [0.2, 0.25) is 0 Å². The number of carbonyl (C=O) groups is 2. The van der Waals surface area contributed by atoms with Crippen molar-refractivity contribution in [2.75, 3.05) is 6.54 Å². The van der Waals surface area contributed by atoms with Gasteiger partial charge >= 0.3 is 5.97 Å². The van der Waals surface area contributed by atoms with Gasteiger partial charge in [-0.15, -0.1) is 0 Å². The largest absolute Gasteiger partial charge is 0.481 e. The average molecular weight is 257 g/mol. The van der Waals surface area contributed by atoms with Crippen molar-refractivity contribution in [1.29, 1.82) is 0 Å². The maximum atomic E-state index is 11.6. The summed E-state index contributed by atoms with van der Waals surface area (Å²) < 4.78 is 5.62. The highest BCUT2D eigenvalue weighted by atomic mass is 16.5. The third-order valence-corrected chi connectivity index (χ3v) is 3.32. The molecule has 5 nitrogen and oxygen atoms in total. The van der Waals surface area contributed by atoms with E-state index in [0.717, 1.165) is 12.8 Å². The molecule has 0 aromatic rings. The second-order valence-electron chi connectivity index (χ2n) is 5.65. The molecule has 104 valence electrons. The Morgan fingerprint density at radius 1 is 1.39 bits per heavy atom. The van der Waals surface area contributed by atoms with E-state index in [0.29, 0.717) is 18.9 Å². The highest BCUT2D eigenvalue weighted by Gasteiger charge is 2.28. The lowest BCUT2D eigenvalue weighted by molar-refractivity contribution is -0.146. The Hall–Kier alpha value is -1.10. The molecule has 1 aliphatic rings. The van der Waals surface area contributed by atoms with Crippen molar-refractivity contribution in [3.63, 3.8) is 0 Å². The maximum Gasteiger partial charge on any atom is 0.310 e. The molecule has 0 saturated carbocycles. The predicted octanol–water partition coefficient (Wildman–Crippen LogP) is 1.56. The van der Waals surface area contributed by atoms with Gasteiger partial charge in [0, 0.05) is 13.0 Å². The summed E-state index contributed by atoms with van der Waals surface area (Å²) in [6.45, 7) is 5.38. The number of nitrogens with one attached hydrogen (secondary N) is 1. The summed E-state index contributed by atoms with van der Waals surface area (Å²) in [7, 11) is 0. The molecular weight excluding hydrogens is 234 g/mol. The second-order valence-corrected chi connectivity index (χ2v) is 5.65. The highest BCUT2D eigenvalue weighted by molar-refractivity contribution is 5.78. The molecular formula is C13H23NO4. The van der Waals surface area contributed by atoms with E-state index in [1.807, 2.05) is 6.92 Å². The van der Waals surface area contributed by atoms with Crippen LogP contribution in [0.3, 0.4) is 0 Å². The Balaban J connectivity index is 2.20. The van der Waals surface area contributed by atoms with Crippen molar-refractivity contribution in [2.24, 2.45) is 5.41 Å². The fourth-order valence-corrected chi connectivity index (χ4v) is 1.87. The van der Waals surface area contributed by atoms with Crippen molar-refractivity contribution in [3.05, 3.63) is 0 Å². The molecule has 1 saturated heterocycles. The zero-order chi connectivity index (χ0) is 13.8. The van der Waals surface area contributed by atoms with Crippen LogP contribution in [0.1, 0.15) is 46.5 Å². The van der Waals surface area contributed by atoms with Crippen LogP contribution < -0.4 is 5.32 Å². The van der Waals surface area contributed by atoms with Crippen LogP contribution in [-0.4, -0.2) is 35.7 Å². The summed E-state index contributed by atoms with van der Waals surface area (Å²) in [6.07, 6.45) is 3.65. The number of amides is 1. The molecule has 5 heteroatoms. The standard InChI is InChI=1S/C13H23NO4/c1-9-4-5-10(18-9)6-7-11(15)14-8-13(2,3)12(16)17/h9-10H,4-8H2,1-3H3,(H,14,15)(H,16,17)/t9-,10+/m0/s1. The number of aliphatic carboxylic acids is 1. The molecule has 0 unspecified atom stereocenters. The molecule has 18 heavy (non-hydrogen) atoms. The van der Waals surface area contributed by atoms with E-state index in [4.69, 9.17) is 9.84 Å². The molecule has 2 N–H and O–H groups in total. The summed E-state index contributed by atoms with van der Waals surface area (Å²) in [6, 6.07) is 0. The van der Waals surface area contributed by atoms with Crippen molar-refractivity contribution in [1.82, 2.24) is 5.32 Å². The SMILES string of the molecule is C[C@H]1CC[C@H](CCC(=O)NCC(C)(C)C(=O)O)O1. The lowest BCUT2D eigenvalue weighted by Crippen LogP contribution is -2.39. The van der Waals surface area contributed by atoms with E-state index in [-0.39, 0.29) is 18.6 Å². The van der Waals surface area contributed by atoms with Gasteiger partial charge in [0.2, 0.25) is 5.91 Å². The summed E-state index contributed by atoms with van der Waals surface area (Å²) in [4.78, 5) is 22.5. The molecule has 0 radical (unpaired) electrons. The first kappa shape index (κ1) is 15.0. The first-order valence-corrected chi connectivity index (χ1v) is 6.47. The van der Waals surface area contributed by atoms with E-state index in [2.05, 4.69) is 5.32 Å². The van der Waals surface area contributed by atoms with E-state index in [1.54, 1.807) is 13.8 Å². The number of hydrogen-bond acceptors (Lipinski definition) is 3. The van der Waals surface area contributed by atoms with Gasteiger partial charge in [-0.1, -0.05) is 0 Å². The van der Waals surface area contributed by atoms with Gasteiger partial charge in [0.15, 0.2) is 0 Å². The monoisotopic (exact) mass is 257 g/mol. The summed E-state index contributed by atoms with van der Waals surface area (Å²) in [5, 5.41) is 11.6. The Labute approximate surface area is 108 Å². The Bertz CT molecular complexity index is 314. The Morgan fingerprint density at radius 3 is 2.56 bits per heavy atom. The van der Waals surface area contributed by atoms with Gasteiger partial charge in [0.1, 0.15) is 0 Å². The maximum absolute atomic E-state index is 11.6. The molecule has 0 bridgehead atoms. The van der Waals surface area contributed by atoms with Gasteiger partial charge < -0.3 is 15.2 Å². The molecule has 0 aliphatic carbocycles. The molecule has 0 spiro atoms. The van der Waals surface area contributed by atoms with Crippen LogP contribution in [0.4, 0.5) is 0 Å². The quantitative estimate of drug-likeness (QED) is 0.757. The molecule has 0 aromatic heterocycles. The normalized spacial score (nSPS) is 23.9. The Kier molecular flexibility index (Phi) is 5.14. The van der Waals surface area contributed by atoms with E-state index in [9.17, 15) is 9.59 Å². The Morgan fingerprint density at radius 2 is 2.06 bits per heavy atom. The first-order valence-electron chi connectivity index (χ1n) is 6.47. The number of carboxylic acid groups (broad SMARTS) is 1. The van der Waals surface area contributed by atoms with Crippen molar-refractivity contribution < 1.29 is 19.4 Å². The van der Waals surface area contributed by atoms with Gasteiger partial charge in [0.25, 0.3) is 0 Å². The van der Waals surface area contributed by atoms with Crippen molar-refractivity contribution >= 4 is 11.9 Å². The second kappa shape index (κ2) is 6.18. The average Bonchev–Trinajstić information content (AvgIpc) is 2.69. The fraction of sp³-hybridized carbons (Fsp3) is 0.846. The molecule has 1 aliphatic heterocycles. The smallest absolute Gasteiger partial charge is 0.310 e. The van der Waals surface area contributed by atoms with Crippen molar-refractivity contribution in [2.45, 2.75) is 58.7 Å². The first-order chi connectivity index (χ1) is 8.31. The summed E-state index contributed by atoms with van der Waals surface area (Å²) in [5.41, 5.74) is -0.923. The van der Waals surface area contributed by atoms with E-state index in [1.165, 1.54) is 0 Å². The van der Waals surface area contributed by atoms with Crippen LogP contribution in [0.5, 0.6) is 0 Å². The third kappa shape index (κ3) is 4.64. The topological polar surface area (TPSA) is 75.6 Å². The lowest BCUT2D eigenvalue weighted by atomic mass is 9.94. The van der Waals surface area contributed by atoms with Gasteiger partial charge in [-0.2, -0.15) is 0 Å². The molecule has 1 amide bonds. The molecule has 2 atom stereocenters. The number of ether oxygens (including phenoxy) is 1. The van der Waals surface area contributed by atoms with Crippen LogP contribution in [0.15, 0.2) is 0 Å². The van der Waals surface area contributed by atoms with Crippen LogP contribution in [-0.2, 0) is 14.3 Å². The molecule has 1 heterocycles. The molecule has 1 fully saturated rings. The lowest BCUT2D eigenvalue weighted by Gasteiger charge is -2.19. The van der Waals surface area contributed by atoms with Crippen LogP contribution in [0.25, 0.3) is 0 Å². The predicted molar refractivity (Wildman–Crippen MR) is 67.2 cm³/mol. The minimum absolute atomic E-state index is 0.104. The van der Waals surface area contributed by atoms with Crippen LogP contribution >= 0.6 is 0 Å². The van der Waals surface area contributed by atoms with Gasteiger partial charge in [-0.25, -0.2) is 0 Å². The van der Waals surface area contributed by atoms with Gasteiger partial charge in [-0.05, 0) is 40.0 Å². The van der Waals surface area contributed by atoms with Gasteiger partial charge in [0.05, 0.1) is 17.6 Å². The third-order valence-electron chi connectivity index (χ3n) is 3.32. The summed E-state index contributed by atoms with van der Waals surface area (Å²) >= 11 is 0. The van der Waals surface area contributed by atoms with E-state index >= 15 is 0 Å². The summed E-state index contributed by atoms with van der Waals surface area (Å²) in [5.74, 6) is -1.01. The molecule has 1 rings (SSSR count). The highest BCUT2D eigenvalue weighted by Crippen LogP contribution is 2.22. The zero-order valence-electron chi connectivity index (χ0n) is 11.4. The van der Waals surface area contributed by atoms with E-state index < -0.39 is 11.4 Å². The number of hydrogen-bond donors (Lipinski definition) is 2. The molecule has 0 aromatic carbocycles. The number of rotatable bonds is 6. The number of carboxylic acids is 1. The zero-order valence-corrected chi connectivity index (χ0v) is 11.4. The minimum atomic E-state index is -0.923. The van der Waals surface area contributed by atoms with Gasteiger partial charge in [-0.3, -0.25) is 9.59 Å². The van der Waals surface area contributed by atoms with Crippen LogP contribution in [0, 0.1) is 5.41 Å². The minimum Gasteiger partial charge on any atom is -0.481 e. The number of carbonyl (C=O) groups excluding carboxylic acids is 1.